The van der Waals surface area contributed by atoms with Gasteiger partial charge >= 0.3 is 0 Å². The van der Waals surface area contributed by atoms with Crippen LogP contribution in [0.3, 0.4) is 0 Å². The van der Waals surface area contributed by atoms with Gasteiger partial charge in [0.1, 0.15) is 4.90 Å². The smallest absolute Gasteiger partial charge is 0.244 e. The first kappa shape index (κ1) is 13.3. The normalized spacial score (nSPS) is 20.1. The molecule has 2 aromatic rings. The molecule has 1 aliphatic rings. The van der Waals surface area contributed by atoms with Crippen molar-refractivity contribution in [2.75, 3.05) is 13.1 Å². The summed E-state index contributed by atoms with van der Waals surface area (Å²) in [5.74, 6) is 0.280. The Morgan fingerprint density at radius 2 is 1.90 bits per heavy atom. The predicted octanol–water partition coefficient (Wildman–Crippen LogP) is 2.26. The van der Waals surface area contributed by atoms with E-state index in [1.165, 1.54) is 11.8 Å². The van der Waals surface area contributed by atoms with Crippen molar-refractivity contribution in [1.82, 2.24) is 9.29 Å². The number of sulfonamides is 1. The Kier molecular flexibility index (Phi) is 3.54. The summed E-state index contributed by atoms with van der Waals surface area (Å²) in [5.41, 5.74) is 1.20. The van der Waals surface area contributed by atoms with Crippen LogP contribution < -0.4 is 0 Å². The van der Waals surface area contributed by atoms with Crippen LogP contribution >= 0.6 is 0 Å². The molecule has 5 heteroatoms. The lowest BCUT2D eigenvalue weighted by molar-refractivity contribution is 0.472. The molecule has 1 fully saturated rings. The molecule has 2 heterocycles. The van der Waals surface area contributed by atoms with Gasteiger partial charge in [-0.2, -0.15) is 4.31 Å². The summed E-state index contributed by atoms with van der Waals surface area (Å²) in [5, 5.41) is 0. The Bertz CT molecular complexity index is 672. The maximum atomic E-state index is 12.5. The van der Waals surface area contributed by atoms with Gasteiger partial charge in [-0.05, 0) is 30.0 Å². The third-order valence-electron chi connectivity index (χ3n) is 3.69. The van der Waals surface area contributed by atoms with E-state index in [9.17, 15) is 8.42 Å². The minimum atomic E-state index is -3.41. The predicted molar refractivity (Wildman–Crippen MR) is 76.8 cm³/mol. The van der Waals surface area contributed by atoms with Crippen molar-refractivity contribution in [3.63, 3.8) is 0 Å². The highest BCUT2D eigenvalue weighted by Crippen LogP contribution is 2.30. The SMILES string of the molecule is O=S(=O)(c1cccnc1)N1CC[C@@H](c2ccccc2)C1. The number of benzene rings is 1. The Labute approximate surface area is 119 Å². The van der Waals surface area contributed by atoms with Crippen molar-refractivity contribution in [3.8, 4) is 0 Å². The van der Waals surface area contributed by atoms with Crippen molar-refractivity contribution in [3.05, 3.63) is 60.4 Å². The minimum Gasteiger partial charge on any atom is -0.263 e. The van der Waals surface area contributed by atoms with Gasteiger partial charge in [0.25, 0.3) is 0 Å². The van der Waals surface area contributed by atoms with Gasteiger partial charge in [-0.25, -0.2) is 8.42 Å². The monoisotopic (exact) mass is 288 g/mol. The standard InChI is InChI=1S/C15H16N2O2S/c18-20(19,15-7-4-9-16-11-15)17-10-8-14(12-17)13-5-2-1-3-6-13/h1-7,9,11,14H,8,10,12H2/t14-/m1/s1. The largest absolute Gasteiger partial charge is 0.263 e. The zero-order chi connectivity index (χ0) is 14.0. The number of pyridine rings is 1. The van der Waals surface area contributed by atoms with Crippen molar-refractivity contribution in [1.29, 1.82) is 0 Å². The fraction of sp³-hybridized carbons (Fsp3) is 0.267. The van der Waals surface area contributed by atoms with Crippen molar-refractivity contribution >= 4 is 10.0 Å². The van der Waals surface area contributed by atoms with Gasteiger partial charge in [0.05, 0.1) is 0 Å². The van der Waals surface area contributed by atoms with Crippen LogP contribution in [0.2, 0.25) is 0 Å². The first-order chi connectivity index (χ1) is 9.68. The summed E-state index contributed by atoms with van der Waals surface area (Å²) in [7, 11) is -3.41. The first-order valence-corrected chi connectivity index (χ1v) is 8.07. The van der Waals surface area contributed by atoms with E-state index in [0.717, 1.165) is 6.42 Å². The van der Waals surface area contributed by atoms with Gasteiger partial charge in [0, 0.05) is 25.5 Å². The van der Waals surface area contributed by atoms with Gasteiger partial charge < -0.3 is 0 Å². The van der Waals surface area contributed by atoms with E-state index in [1.54, 1.807) is 22.6 Å². The van der Waals surface area contributed by atoms with Crippen LogP contribution in [0.5, 0.6) is 0 Å². The Balaban J connectivity index is 1.81. The third kappa shape index (κ3) is 2.46. The van der Waals surface area contributed by atoms with E-state index in [4.69, 9.17) is 0 Å². The first-order valence-electron chi connectivity index (χ1n) is 6.63. The maximum Gasteiger partial charge on any atom is 0.244 e. The maximum absolute atomic E-state index is 12.5. The molecule has 1 saturated heterocycles. The van der Waals surface area contributed by atoms with Crippen molar-refractivity contribution in [2.24, 2.45) is 0 Å². The number of rotatable bonds is 3. The summed E-state index contributed by atoms with van der Waals surface area (Å²) < 4.78 is 26.6. The highest BCUT2D eigenvalue weighted by molar-refractivity contribution is 7.89. The van der Waals surface area contributed by atoms with Crippen LogP contribution in [0, 0.1) is 0 Å². The lowest BCUT2D eigenvalue weighted by Gasteiger charge is -2.16. The van der Waals surface area contributed by atoms with Crippen LogP contribution in [0.15, 0.2) is 59.8 Å². The number of nitrogens with zero attached hydrogens (tertiary/aromatic N) is 2. The molecule has 0 radical (unpaired) electrons. The van der Waals surface area contributed by atoms with Gasteiger partial charge in [0.2, 0.25) is 10.0 Å². The second kappa shape index (κ2) is 5.34. The van der Waals surface area contributed by atoms with Crippen LogP contribution in [0.1, 0.15) is 17.9 Å². The fourth-order valence-corrected chi connectivity index (χ4v) is 4.06. The summed E-state index contributed by atoms with van der Waals surface area (Å²) >= 11 is 0. The quantitative estimate of drug-likeness (QED) is 0.870. The molecule has 0 amide bonds. The summed E-state index contributed by atoms with van der Waals surface area (Å²) in [6, 6.07) is 13.3. The summed E-state index contributed by atoms with van der Waals surface area (Å²) in [6.07, 6.45) is 3.85. The van der Waals surface area contributed by atoms with E-state index < -0.39 is 10.0 Å². The van der Waals surface area contributed by atoms with E-state index in [1.807, 2.05) is 18.2 Å². The van der Waals surface area contributed by atoms with Crippen LogP contribution in [-0.4, -0.2) is 30.8 Å². The molecule has 0 spiro atoms. The Morgan fingerprint density at radius 1 is 1.10 bits per heavy atom. The molecular formula is C15H16N2O2S. The van der Waals surface area contributed by atoms with Gasteiger partial charge in [-0.3, -0.25) is 4.98 Å². The van der Waals surface area contributed by atoms with Crippen LogP contribution in [0.25, 0.3) is 0 Å². The van der Waals surface area contributed by atoms with Gasteiger partial charge in [-0.15, -0.1) is 0 Å². The third-order valence-corrected chi connectivity index (χ3v) is 5.54. The molecule has 1 aromatic carbocycles. The zero-order valence-electron chi connectivity index (χ0n) is 11.0. The van der Waals surface area contributed by atoms with Crippen LogP contribution in [-0.2, 0) is 10.0 Å². The second-order valence-electron chi connectivity index (χ2n) is 4.95. The van der Waals surface area contributed by atoms with E-state index in [0.29, 0.717) is 13.1 Å². The fourth-order valence-electron chi connectivity index (χ4n) is 2.59. The topological polar surface area (TPSA) is 50.3 Å². The molecule has 0 N–H and O–H groups in total. The lowest BCUT2D eigenvalue weighted by atomic mass is 9.99. The van der Waals surface area contributed by atoms with Gasteiger partial charge in [-0.1, -0.05) is 30.3 Å². The average molecular weight is 288 g/mol. The molecule has 104 valence electrons. The van der Waals surface area contributed by atoms with E-state index in [-0.39, 0.29) is 10.8 Å². The average Bonchev–Trinajstić information content (AvgIpc) is 3.00. The molecule has 1 aliphatic heterocycles. The molecule has 20 heavy (non-hydrogen) atoms. The molecule has 3 rings (SSSR count). The highest BCUT2D eigenvalue weighted by Gasteiger charge is 2.33. The molecule has 0 unspecified atom stereocenters. The molecule has 4 nitrogen and oxygen atoms in total. The Morgan fingerprint density at radius 3 is 2.60 bits per heavy atom. The lowest BCUT2D eigenvalue weighted by Crippen LogP contribution is -2.28. The molecule has 1 aromatic heterocycles. The molecule has 0 saturated carbocycles. The molecule has 1 atom stereocenters. The summed E-state index contributed by atoms with van der Waals surface area (Å²) in [6.45, 7) is 1.11. The van der Waals surface area contributed by atoms with Crippen molar-refractivity contribution in [2.45, 2.75) is 17.2 Å². The number of hydrogen-bond donors (Lipinski definition) is 0. The molecule has 0 bridgehead atoms. The highest BCUT2D eigenvalue weighted by atomic mass is 32.2. The summed E-state index contributed by atoms with van der Waals surface area (Å²) in [4.78, 5) is 4.17. The van der Waals surface area contributed by atoms with Crippen LogP contribution in [0.4, 0.5) is 0 Å². The van der Waals surface area contributed by atoms with E-state index >= 15 is 0 Å². The Hall–Kier alpha value is -1.72. The molecular weight excluding hydrogens is 272 g/mol. The van der Waals surface area contributed by atoms with Crippen molar-refractivity contribution < 1.29 is 8.42 Å². The minimum absolute atomic E-state index is 0.272. The van der Waals surface area contributed by atoms with E-state index in [2.05, 4.69) is 17.1 Å². The van der Waals surface area contributed by atoms with Gasteiger partial charge in [0.15, 0.2) is 0 Å². The second-order valence-corrected chi connectivity index (χ2v) is 6.89. The zero-order valence-corrected chi connectivity index (χ0v) is 11.8. The number of aromatic nitrogens is 1. The molecule has 0 aliphatic carbocycles. The number of hydrogen-bond acceptors (Lipinski definition) is 3.